The van der Waals surface area contributed by atoms with E-state index in [1.807, 2.05) is 6.92 Å². The number of nitrogens with zero attached hydrogens (tertiary/aromatic N) is 1. The van der Waals surface area contributed by atoms with E-state index in [9.17, 15) is 8.78 Å². The van der Waals surface area contributed by atoms with Crippen molar-refractivity contribution >= 4 is 36.4 Å². The molecule has 2 rings (SSSR count). The fourth-order valence-corrected chi connectivity index (χ4v) is 2.90. The molecule has 1 saturated heterocycles. The zero-order valence-electron chi connectivity index (χ0n) is 11.9. The van der Waals surface area contributed by atoms with Gasteiger partial charge in [-0.15, -0.1) is 24.8 Å². The van der Waals surface area contributed by atoms with Gasteiger partial charge in [-0.25, -0.2) is 8.78 Å². The number of piperazine rings is 1. The van der Waals surface area contributed by atoms with Crippen LogP contribution < -0.4 is 5.32 Å². The summed E-state index contributed by atoms with van der Waals surface area (Å²) < 4.78 is 27.7. The van der Waals surface area contributed by atoms with E-state index in [0.29, 0.717) is 5.56 Å². The van der Waals surface area contributed by atoms with Crippen LogP contribution in [0.5, 0.6) is 0 Å². The molecular weight excluding hydrogens is 341 g/mol. The van der Waals surface area contributed by atoms with Gasteiger partial charge in [0, 0.05) is 37.8 Å². The zero-order valence-corrected chi connectivity index (χ0v) is 14.3. The third kappa shape index (κ3) is 4.93. The van der Waals surface area contributed by atoms with Crippen LogP contribution in [-0.2, 0) is 0 Å². The molecule has 21 heavy (non-hydrogen) atoms. The molecule has 7 heteroatoms. The molecule has 1 aliphatic heterocycles. The Morgan fingerprint density at radius 1 is 1.19 bits per heavy atom. The third-order valence-electron chi connectivity index (χ3n) is 3.57. The van der Waals surface area contributed by atoms with Gasteiger partial charge in [-0.2, -0.15) is 0 Å². The van der Waals surface area contributed by atoms with Crippen molar-refractivity contribution in [2.75, 3.05) is 26.2 Å². The van der Waals surface area contributed by atoms with Gasteiger partial charge < -0.3 is 5.32 Å². The Balaban J connectivity index is 0.00000200. The van der Waals surface area contributed by atoms with E-state index in [0.717, 1.165) is 45.1 Å². The summed E-state index contributed by atoms with van der Waals surface area (Å²) in [6.45, 7) is 5.44. The third-order valence-corrected chi connectivity index (χ3v) is 3.95. The second-order valence-electron chi connectivity index (χ2n) is 4.85. The Kier molecular flexibility index (Phi) is 9.74. The largest absolute Gasteiger partial charge is 0.314 e. The number of rotatable bonds is 4. The summed E-state index contributed by atoms with van der Waals surface area (Å²) >= 11 is 5.99. The highest BCUT2D eigenvalue weighted by Gasteiger charge is 2.27. The minimum atomic E-state index is -0.547. The van der Waals surface area contributed by atoms with E-state index in [2.05, 4.69) is 10.2 Å². The van der Waals surface area contributed by atoms with Crippen LogP contribution >= 0.6 is 36.4 Å². The first-order valence-corrected chi connectivity index (χ1v) is 7.11. The number of benzene rings is 1. The van der Waals surface area contributed by atoms with Gasteiger partial charge in [-0.05, 0) is 18.6 Å². The van der Waals surface area contributed by atoms with Crippen molar-refractivity contribution in [3.63, 3.8) is 0 Å². The van der Waals surface area contributed by atoms with Gasteiger partial charge in [-0.3, -0.25) is 4.90 Å². The molecule has 1 heterocycles. The molecule has 1 atom stereocenters. The first kappa shape index (κ1) is 20.9. The summed E-state index contributed by atoms with van der Waals surface area (Å²) in [6, 6.07) is 2.11. The molecule has 0 saturated carbocycles. The van der Waals surface area contributed by atoms with E-state index in [1.54, 1.807) is 0 Å². The Labute approximate surface area is 142 Å². The average Bonchev–Trinajstić information content (AvgIpc) is 2.43. The summed E-state index contributed by atoms with van der Waals surface area (Å²) in [5.74, 6) is -0.960. The van der Waals surface area contributed by atoms with Gasteiger partial charge in [0.2, 0.25) is 0 Å². The molecule has 1 aliphatic rings. The van der Waals surface area contributed by atoms with Crippen molar-refractivity contribution in [3.05, 3.63) is 34.4 Å². The van der Waals surface area contributed by atoms with Crippen LogP contribution in [-0.4, -0.2) is 31.1 Å². The van der Waals surface area contributed by atoms with Gasteiger partial charge in [0.25, 0.3) is 0 Å². The normalized spacial score (nSPS) is 16.8. The van der Waals surface area contributed by atoms with Crippen LogP contribution in [0.3, 0.4) is 0 Å². The van der Waals surface area contributed by atoms with Crippen LogP contribution in [0.15, 0.2) is 12.1 Å². The molecule has 1 N–H and O–H groups in total. The standard InChI is InChI=1S/C14H19ClF2N2.2ClH/c1-2-3-12(19-8-6-18-7-9-19)13-10(16)4-5-11(17)14(13)15;;/h4-5,12,18H,2-3,6-9H2,1H3;2*1H/t12-;;/m1../s1. The van der Waals surface area contributed by atoms with E-state index in [-0.39, 0.29) is 35.9 Å². The minimum Gasteiger partial charge on any atom is -0.314 e. The van der Waals surface area contributed by atoms with Crippen LogP contribution in [0.25, 0.3) is 0 Å². The monoisotopic (exact) mass is 360 g/mol. The van der Waals surface area contributed by atoms with Gasteiger partial charge in [0.1, 0.15) is 11.6 Å². The molecule has 0 radical (unpaired) electrons. The van der Waals surface area contributed by atoms with Crippen molar-refractivity contribution in [2.24, 2.45) is 0 Å². The summed E-state index contributed by atoms with van der Waals surface area (Å²) in [6.07, 6.45) is 1.68. The molecule has 0 bridgehead atoms. The Bertz CT molecular complexity index is 440. The van der Waals surface area contributed by atoms with Gasteiger partial charge in [0.05, 0.1) is 5.02 Å². The highest BCUT2D eigenvalue weighted by Crippen LogP contribution is 2.34. The second kappa shape index (κ2) is 9.80. The molecule has 122 valence electrons. The van der Waals surface area contributed by atoms with Crippen molar-refractivity contribution in [1.82, 2.24) is 10.2 Å². The SMILES string of the molecule is CCC[C@H](c1c(F)ccc(F)c1Cl)N1CCNCC1.Cl.Cl. The van der Waals surface area contributed by atoms with Crippen LogP contribution in [0, 0.1) is 11.6 Å². The molecule has 0 aliphatic carbocycles. The Hall–Kier alpha value is -0.130. The smallest absolute Gasteiger partial charge is 0.142 e. The molecule has 0 amide bonds. The van der Waals surface area contributed by atoms with Gasteiger partial charge in [-0.1, -0.05) is 24.9 Å². The Morgan fingerprint density at radius 2 is 1.76 bits per heavy atom. The summed E-state index contributed by atoms with van der Waals surface area (Å²) in [5.41, 5.74) is 0.311. The first-order chi connectivity index (χ1) is 9.15. The number of hydrogen-bond donors (Lipinski definition) is 1. The quantitative estimate of drug-likeness (QED) is 0.808. The lowest BCUT2D eigenvalue weighted by molar-refractivity contribution is 0.161. The van der Waals surface area contributed by atoms with Crippen molar-refractivity contribution < 1.29 is 8.78 Å². The highest BCUT2D eigenvalue weighted by atomic mass is 35.5. The first-order valence-electron chi connectivity index (χ1n) is 6.73. The molecular formula is C14H21Cl3F2N2. The minimum absolute atomic E-state index is 0. The average molecular weight is 362 g/mol. The maximum Gasteiger partial charge on any atom is 0.142 e. The topological polar surface area (TPSA) is 15.3 Å². The number of nitrogens with one attached hydrogen (secondary N) is 1. The van der Waals surface area contributed by atoms with Crippen molar-refractivity contribution in [2.45, 2.75) is 25.8 Å². The predicted octanol–water partition coefficient (Wildman–Crippen LogP) is 4.21. The fraction of sp³-hybridized carbons (Fsp3) is 0.571. The molecule has 2 nitrogen and oxygen atoms in total. The van der Waals surface area contributed by atoms with Crippen LogP contribution in [0.4, 0.5) is 8.78 Å². The maximum atomic E-state index is 14.1. The van der Waals surface area contributed by atoms with E-state index < -0.39 is 11.6 Å². The summed E-state index contributed by atoms with van der Waals surface area (Å²) in [7, 11) is 0. The Morgan fingerprint density at radius 3 is 2.33 bits per heavy atom. The molecule has 1 aromatic rings. The predicted molar refractivity (Wildman–Crippen MR) is 88.0 cm³/mol. The van der Waals surface area contributed by atoms with Gasteiger partial charge in [0.15, 0.2) is 0 Å². The fourth-order valence-electron chi connectivity index (χ4n) is 2.62. The van der Waals surface area contributed by atoms with Crippen LogP contribution in [0.1, 0.15) is 31.4 Å². The lowest BCUT2D eigenvalue weighted by Gasteiger charge is -2.35. The molecule has 0 aromatic heterocycles. The lowest BCUT2D eigenvalue weighted by atomic mass is 9.99. The van der Waals surface area contributed by atoms with E-state index >= 15 is 0 Å². The highest BCUT2D eigenvalue weighted by molar-refractivity contribution is 6.31. The van der Waals surface area contributed by atoms with Crippen molar-refractivity contribution in [1.29, 1.82) is 0 Å². The summed E-state index contributed by atoms with van der Waals surface area (Å²) in [4.78, 5) is 2.18. The lowest BCUT2D eigenvalue weighted by Crippen LogP contribution is -2.45. The zero-order chi connectivity index (χ0) is 13.8. The number of halogens is 5. The van der Waals surface area contributed by atoms with E-state index in [1.165, 1.54) is 6.07 Å². The molecule has 0 spiro atoms. The van der Waals surface area contributed by atoms with Crippen molar-refractivity contribution in [3.8, 4) is 0 Å². The number of hydrogen-bond acceptors (Lipinski definition) is 2. The maximum absolute atomic E-state index is 14.1. The van der Waals surface area contributed by atoms with Gasteiger partial charge >= 0.3 is 0 Å². The van der Waals surface area contributed by atoms with E-state index in [4.69, 9.17) is 11.6 Å². The van der Waals surface area contributed by atoms with Crippen LogP contribution in [0.2, 0.25) is 5.02 Å². The second-order valence-corrected chi connectivity index (χ2v) is 5.23. The molecule has 1 fully saturated rings. The molecule has 0 unspecified atom stereocenters. The molecule has 1 aromatic carbocycles. The summed E-state index contributed by atoms with van der Waals surface area (Å²) in [5, 5.41) is 3.19.